The maximum atomic E-state index is 12.8. The molecule has 16 heavy (non-hydrogen) atoms. The molecule has 0 aliphatic carbocycles. The second-order valence-corrected chi connectivity index (χ2v) is 4.55. The Morgan fingerprint density at radius 2 is 2.19 bits per heavy atom. The molecule has 0 radical (unpaired) electrons. The first-order valence-electron chi connectivity index (χ1n) is 5.21. The molecule has 0 spiro atoms. The Morgan fingerprint density at radius 3 is 2.75 bits per heavy atom. The molecule has 0 heterocycles. The van der Waals surface area contributed by atoms with Crippen LogP contribution in [-0.4, -0.2) is 11.4 Å². The van der Waals surface area contributed by atoms with Gasteiger partial charge in [0.2, 0.25) is 5.91 Å². The van der Waals surface area contributed by atoms with Gasteiger partial charge >= 0.3 is 0 Å². The molecule has 4 heteroatoms. The second kappa shape index (κ2) is 5.07. The van der Waals surface area contributed by atoms with Gasteiger partial charge in [-0.15, -0.1) is 0 Å². The zero-order valence-corrected chi connectivity index (χ0v) is 9.59. The summed E-state index contributed by atoms with van der Waals surface area (Å²) in [6, 6.07) is 5.82. The van der Waals surface area contributed by atoms with Gasteiger partial charge in [0.25, 0.3) is 0 Å². The summed E-state index contributed by atoms with van der Waals surface area (Å²) in [5.41, 5.74) is 5.87. The van der Waals surface area contributed by atoms with Gasteiger partial charge in [-0.25, -0.2) is 4.39 Å². The van der Waals surface area contributed by atoms with E-state index in [4.69, 9.17) is 5.73 Å². The molecule has 0 saturated carbocycles. The molecule has 0 aliphatic rings. The van der Waals surface area contributed by atoms with Crippen molar-refractivity contribution in [2.75, 3.05) is 5.32 Å². The van der Waals surface area contributed by atoms with Crippen LogP contribution in [0.25, 0.3) is 0 Å². The van der Waals surface area contributed by atoms with Crippen LogP contribution in [0.3, 0.4) is 0 Å². The Balaban J connectivity index is 2.46. The highest BCUT2D eigenvalue weighted by atomic mass is 19.1. The van der Waals surface area contributed by atoms with Crippen molar-refractivity contribution in [2.24, 2.45) is 5.73 Å². The molecule has 3 nitrogen and oxygen atoms in total. The molecular formula is C12H17FN2O. The topological polar surface area (TPSA) is 55.1 Å². The lowest BCUT2D eigenvalue weighted by Crippen LogP contribution is -2.33. The molecule has 0 fully saturated rings. The lowest BCUT2D eigenvalue weighted by Gasteiger charge is -2.17. The number of nitrogens with one attached hydrogen (secondary N) is 1. The SMILES string of the molecule is CC(C)(N)CCC(=O)Nc1cccc(F)c1. The molecule has 3 N–H and O–H groups in total. The van der Waals surface area contributed by atoms with E-state index in [-0.39, 0.29) is 17.3 Å². The molecule has 1 rings (SSSR count). The molecular weight excluding hydrogens is 207 g/mol. The van der Waals surface area contributed by atoms with Crippen molar-refractivity contribution in [1.82, 2.24) is 0 Å². The van der Waals surface area contributed by atoms with Crippen molar-refractivity contribution < 1.29 is 9.18 Å². The summed E-state index contributed by atoms with van der Waals surface area (Å²) in [5, 5.41) is 2.62. The Kier molecular flexibility index (Phi) is 4.01. The summed E-state index contributed by atoms with van der Waals surface area (Å²) in [7, 11) is 0. The van der Waals surface area contributed by atoms with Crippen LogP contribution in [0.5, 0.6) is 0 Å². The van der Waals surface area contributed by atoms with Gasteiger partial charge in [-0.1, -0.05) is 6.07 Å². The molecule has 0 unspecified atom stereocenters. The fraction of sp³-hybridized carbons (Fsp3) is 0.417. The minimum atomic E-state index is -0.364. The molecule has 1 aromatic carbocycles. The number of rotatable bonds is 4. The van der Waals surface area contributed by atoms with E-state index in [1.807, 2.05) is 13.8 Å². The summed E-state index contributed by atoms with van der Waals surface area (Å²) >= 11 is 0. The fourth-order valence-corrected chi connectivity index (χ4v) is 1.23. The zero-order valence-electron chi connectivity index (χ0n) is 9.59. The number of carbonyl (C=O) groups excluding carboxylic acids is 1. The van der Waals surface area contributed by atoms with Crippen molar-refractivity contribution in [3.8, 4) is 0 Å². The third kappa shape index (κ3) is 4.89. The van der Waals surface area contributed by atoms with E-state index in [1.54, 1.807) is 12.1 Å². The van der Waals surface area contributed by atoms with Gasteiger partial charge < -0.3 is 11.1 Å². The predicted octanol–water partition coefficient (Wildman–Crippen LogP) is 2.28. The average Bonchev–Trinajstić information content (AvgIpc) is 2.14. The predicted molar refractivity (Wildman–Crippen MR) is 62.5 cm³/mol. The van der Waals surface area contributed by atoms with Crippen molar-refractivity contribution in [3.63, 3.8) is 0 Å². The van der Waals surface area contributed by atoms with Crippen molar-refractivity contribution in [2.45, 2.75) is 32.2 Å². The van der Waals surface area contributed by atoms with Crippen LogP contribution in [-0.2, 0) is 4.79 Å². The Hall–Kier alpha value is -1.42. The Labute approximate surface area is 94.8 Å². The zero-order chi connectivity index (χ0) is 12.2. The summed E-state index contributed by atoms with van der Waals surface area (Å²) < 4.78 is 12.8. The number of hydrogen-bond acceptors (Lipinski definition) is 2. The van der Waals surface area contributed by atoms with Gasteiger partial charge in [-0.2, -0.15) is 0 Å². The van der Waals surface area contributed by atoms with E-state index in [0.717, 1.165) is 0 Å². The monoisotopic (exact) mass is 224 g/mol. The van der Waals surface area contributed by atoms with Gasteiger partial charge in [0, 0.05) is 17.6 Å². The number of hydrogen-bond donors (Lipinski definition) is 2. The quantitative estimate of drug-likeness (QED) is 0.824. The summed E-state index contributed by atoms with van der Waals surface area (Å²) in [6.07, 6.45) is 0.925. The number of halogens is 1. The van der Waals surface area contributed by atoms with Gasteiger partial charge in [0.15, 0.2) is 0 Å². The van der Waals surface area contributed by atoms with Crippen molar-refractivity contribution >= 4 is 11.6 Å². The smallest absolute Gasteiger partial charge is 0.224 e. The first-order chi connectivity index (χ1) is 7.37. The van der Waals surface area contributed by atoms with Gasteiger partial charge in [-0.3, -0.25) is 4.79 Å². The average molecular weight is 224 g/mol. The normalized spacial score (nSPS) is 11.2. The summed E-state index contributed by atoms with van der Waals surface area (Å²) in [6.45, 7) is 3.73. The fourth-order valence-electron chi connectivity index (χ4n) is 1.23. The van der Waals surface area contributed by atoms with E-state index in [2.05, 4.69) is 5.32 Å². The second-order valence-electron chi connectivity index (χ2n) is 4.55. The van der Waals surface area contributed by atoms with E-state index in [1.165, 1.54) is 12.1 Å². The third-order valence-electron chi connectivity index (χ3n) is 2.10. The highest BCUT2D eigenvalue weighted by Crippen LogP contribution is 2.12. The van der Waals surface area contributed by atoms with Gasteiger partial charge in [0.1, 0.15) is 5.82 Å². The minimum Gasteiger partial charge on any atom is -0.326 e. The van der Waals surface area contributed by atoms with Gasteiger partial charge in [0.05, 0.1) is 0 Å². The van der Waals surface area contributed by atoms with E-state index < -0.39 is 0 Å². The summed E-state index contributed by atoms with van der Waals surface area (Å²) in [5.74, 6) is -0.513. The van der Waals surface area contributed by atoms with E-state index >= 15 is 0 Å². The summed E-state index contributed by atoms with van der Waals surface area (Å²) in [4.78, 5) is 11.5. The molecule has 0 saturated heterocycles. The number of carbonyl (C=O) groups is 1. The largest absolute Gasteiger partial charge is 0.326 e. The van der Waals surface area contributed by atoms with Crippen LogP contribution in [0.2, 0.25) is 0 Å². The van der Waals surface area contributed by atoms with E-state index in [0.29, 0.717) is 18.5 Å². The molecule has 1 aromatic rings. The molecule has 0 bridgehead atoms. The van der Waals surface area contributed by atoms with Crippen LogP contribution in [0.15, 0.2) is 24.3 Å². The van der Waals surface area contributed by atoms with Crippen molar-refractivity contribution in [1.29, 1.82) is 0 Å². The number of amides is 1. The molecule has 0 atom stereocenters. The van der Waals surface area contributed by atoms with Crippen LogP contribution in [0, 0.1) is 5.82 Å². The Bertz CT molecular complexity index is 372. The minimum absolute atomic E-state index is 0.149. The van der Waals surface area contributed by atoms with Crippen LogP contribution in [0.1, 0.15) is 26.7 Å². The maximum Gasteiger partial charge on any atom is 0.224 e. The van der Waals surface area contributed by atoms with Crippen LogP contribution >= 0.6 is 0 Å². The van der Waals surface area contributed by atoms with Crippen LogP contribution < -0.4 is 11.1 Å². The number of nitrogens with two attached hydrogens (primary N) is 1. The molecule has 0 aliphatic heterocycles. The van der Waals surface area contributed by atoms with E-state index in [9.17, 15) is 9.18 Å². The maximum absolute atomic E-state index is 12.8. The van der Waals surface area contributed by atoms with Crippen molar-refractivity contribution in [3.05, 3.63) is 30.1 Å². The van der Waals surface area contributed by atoms with Crippen LogP contribution in [0.4, 0.5) is 10.1 Å². The first kappa shape index (κ1) is 12.6. The Morgan fingerprint density at radius 1 is 1.50 bits per heavy atom. The first-order valence-corrected chi connectivity index (χ1v) is 5.21. The highest BCUT2D eigenvalue weighted by Gasteiger charge is 2.13. The molecule has 1 amide bonds. The third-order valence-corrected chi connectivity index (χ3v) is 2.10. The number of anilines is 1. The molecule has 0 aromatic heterocycles. The van der Waals surface area contributed by atoms with Gasteiger partial charge in [-0.05, 0) is 38.5 Å². The lowest BCUT2D eigenvalue weighted by atomic mass is 10.00. The number of benzene rings is 1. The lowest BCUT2D eigenvalue weighted by molar-refractivity contribution is -0.116. The highest BCUT2D eigenvalue weighted by molar-refractivity contribution is 5.90. The molecule has 88 valence electrons. The standard InChI is InChI=1S/C12H17FN2O/c1-12(2,14)7-6-11(16)15-10-5-3-4-9(13)8-10/h3-5,8H,6-7,14H2,1-2H3,(H,15,16).